The van der Waals surface area contributed by atoms with Gasteiger partial charge in [-0.05, 0) is 24.1 Å². The van der Waals surface area contributed by atoms with Crippen LogP contribution in [-0.2, 0) is 6.54 Å². The topological polar surface area (TPSA) is 63.6 Å². The number of hydrogen-bond donors (Lipinski definition) is 1. The smallest absolute Gasteiger partial charge is 0.306 e. The van der Waals surface area contributed by atoms with E-state index in [4.69, 9.17) is 0 Å². The standard InChI is InChI=1S/C22H18N4OS2/c27-22-25-17-9-4-5-10-18(17)26(22)11-6-12-28-20-19-16(15-7-2-1-3-8-15)13-29-21(19)24-14-23-20/h1-5,7-10,13-14H,6,11-12H2,(H,25,27). The van der Waals surface area contributed by atoms with Gasteiger partial charge in [-0.1, -0.05) is 42.5 Å². The predicted octanol–water partition coefficient (Wildman–Crippen LogP) is 5.18. The largest absolute Gasteiger partial charge is 0.326 e. The number of nitrogens with one attached hydrogen (secondary N) is 1. The third-order valence-corrected chi connectivity index (χ3v) is 6.83. The van der Waals surface area contributed by atoms with Gasteiger partial charge in [-0.2, -0.15) is 0 Å². The van der Waals surface area contributed by atoms with Crippen LogP contribution in [0.15, 0.2) is 76.1 Å². The van der Waals surface area contributed by atoms with E-state index in [2.05, 4.69) is 32.5 Å². The Labute approximate surface area is 175 Å². The number of thiophene rings is 1. The third kappa shape index (κ3) is 3.47. The first-order valence-corrected chi connectivity index (χ1v) is 11.3. The molecule has 0 unspecified atom stereocenters. The molecular weight excluding hydrogens is 400 g/mol. The second-order valence-electron chi connectivity index (χ2n) is 6.68. The van der Waals surface area contributed by atoms with E-state index in [1.807, 2.05) is 47.0 Å². The van der Waals surface area contributed by atoms with Crippen LogP contribution in [-0.4, -0.2) is 25.3 Å². The normalized spacial score (nSPS) is 11.4. The Balaban J connectivity index is 1.35. The van der Waals surface area contributed by atoms with Gasteiger partial charge < -0.3 is 4.98 Å². The van der Waals surface area contributed by atoms with Crippen molar-refractivity contribution in [3.05, 3.63) is 76.8 Å². The molecule has 0 spiro atoms. The molecule has 0 bridgehead atoms. The molecule has 0 aliphatic heterocycles. The zero-order chi connectivity index (χ0) is 19.6. The van der Waals surface area contributed by atoms with Crippen LogP contribution < -0.4 is 5.69 Å². The molecule has 7 heteroatoms. The molecule has 0 radical (unpaired) electrons. The molecule has 0 saturated heterocycles. The lowest BCUT2D eigenvalue weighted by Crippen LogP contribution is -2.17. The van der Waals surface area contributed by atoms with Gasteiger partial charge in [-0.15, -0.1) is 23.1 Å². The molecule has 0 saturated carbocycles. The summed E-state index contributed by atoms with van der Waals surface area (Å²) in [5.41, 5.74) is 4.15. The first-order chi connectivity index (χ1) is 14.3. The van der Waals surface area contributed by atoms with Crippen molar-refractivity contribution < 1.29 is 0 Å². The second-order valence-corrected chi connectivity index (χ2v) is 8.62. The van der Waals surface area contributed by atoms with E-state index in [1.54, 1.807) is 29.4 Å². The van der Waals surface area contributed by atoms with Crippen LogP contribution in [0.4, 0.5) is 0 Å². The highest BCUT2D eigenvalue weighted by Gasteiger charge is 2.13. The number of para-hydroxylation sites is 2. The third-order valence-electron chi connectivity index (χ3n) is 4.87. The number of nitrogens with zero attached hydrogens (tertiary/aromatic N) is 3. The summed E-state index contributed by atoms with van der Waals surface area (Å²) in [5, 5.41) is 4.28. The summed E-state index contributed by atoms with van der Waals surface area (Å²) < 4.78 is 1.81. The van der Waals surface area contributed by atoms with Gasteiger partial charge in [-0.3, -0.25) is 4.57 Å². The quantitative estimate of drug-likeness (QED) is 0.234. The highest BCUT2D eigenvalue weighted by Crippen LogP contribution is 2.37. The lowest BCUT2D eigenvalue weighted by Gasteiger charge is -2.06. The van der Waals surface area contributed by atoms with E-state index in [-0.39, 0.29) is 5.69 Å². The fourth-order valence-electron chi connectivity index (χ4n) is 3.51. The summed E-state index contributed by atoms with van der Waals surface area (Å²) >= 11 is 3.38. The van der Waals surface area contributed by atoms with Gasteiger partial charge >= 0.3 is 5.69 Å². The molecule has 3 aromatic heterocycles. The fourth-order valence-corrected chi connectivity index (χ4v) is 5.43. The number of benzene rings is 2. The number of imidazole rings is 1. The molecule has 5 aromatic rings. The molecule has 0 atom stereocenters. The van der Waals surface area contributed by atoms with Gasteiger partial charge in [0.25, 0.3) is 0 Å². The van der Waals surface area contributed by atoms with Crippen LogP contribution in [0.5, 0.6) is 0 Å². The van der Waals surface area contributed by atoms with Gasteiger partial charge in [0.15, 0.2) is 0 Å². The van der Waals surface area contributed by atoms with E-state index >= 15 is 0 Å². The molecule has 0 amide bonds. The summed E-state index contributed by atoms with van der Waals surface area (Å²) in [5.74, 6) is 0.877. The molecule has 144 valence electrons. The lowest BCUT2D eigenvalue weighted by molar-refractivity contribution is 0.679. The van der Waals surface area contributed by atoms with Crippen molar-refractivity contribution in [2.45, 2.75) is 18.0 Å². The maximum atomic E-state index is 12.2. The van der Waals surface area contributed by atoms with Crippen molar-refractivity contribution >= 4 is 44.3 Å². The van der Waals surface area contributed by atoms with Crippen molar-refractivity contribution in [1.29, 1.82) is 0 Å². The van der Waals surface area contributed by atoms with Gasteiger partial charge in [-0.25, -0.2) is 14.8 Å². The van der Waals surface area contributed by atoms with Crippen molar-refractivity contribution in [2.75, 3.05) is 5.75 Å². The zero-order valence-corrected chi connectivity index (χ0v) is 17.2. The molecule has 0 aliphatic carbocycles. The predicted molar refractivity (Wildman–Crippen MR) is 121 cm³/mol. The number of fused-ring (bicyclic) bond motifs is 2. The maximum Gasteiger partial charge on any atom is 0.326 e. The van der Waals surface area contributed by atoms with E-state index in [0.29, 0.717) is 6.54 Å². The van der Waals surface area contributed by atoms with E-state index in [0.717, 1.165) is 38.4 Å². The van der Waals surface area contributed by atoms with Gasteiger partial charge in [0.2, 0.25) is 0 Å². The first-order valence-electron chi connectivity index (χ1n) is 9.39. The van der Waals surface area contributed by atoms with Crippen molar-refractivity contribution in [3.8, 4) is 11.1 Å². The number of aryl methyl sites for hydroxylation is 1. The summed E-state index contributed by atoms with van der Waals surface area (Å²) in [4.78, 5) is 25.1. The summed E-state index contributed by atoms with van der Waals surface area (Å²) in [6, 6.07) is 18.2. The highest BCUT2D eigenvalue weighted by molar-refractivity contribution is 7.99. The van der Waals surface area contributed by atoms with Crippen molar-refractivity contribution in [3.63, 3.8) is 0 Å². The minimum absolute atomic E-state index is 0.0511. The Morgan fingerprint density at radius 3 is 2.76 bits per heavy atom. The highest BCUT2D eigenvalue weighted by atomic mass is 32.2. The Bertz CT molecular complexity index is 1340. The van der Waals surface area contributed by atoms with Crippen LogP contribution in [0.3, 0.4) is 0 Å². The van der Waals surface area contributed by atoms with Crippen LogP contribution in [0, 0.1) is 0 Å². The average Bonchev–Trinajstić information content (AvgIpc) is 3.33. The molecule has 2 aromatic carbocycles. The summed E-state index contributed by atoms with van der Waals surface area (Å²) in [7, 11) is 0. The number of thioether (sulfide) groups is 1. The minimum atomic E-state index is -0.0511. The van der Waals surface area contributed by atoms with Gasteiger partial charge in [0.1, 0.15) is 16.2 Å². The lowest BCUT2D eigenvalue weighted by atomic mass is 10.1. The van der Waals surface area contributed by atoms with Crippen LogP contribution in [0.1, 0.15) is 6.42 Å². The molecular formula is C22H18N4OS2. The summed E-state index contributed by atoms with van der Waals surface area (Å²) in [6.07, 6.45) is 2.52. The molecule has 5 rings (SSSR count). The van der Waals surface area contributed by atoms with Crippen molar-refractivity contribution in [2.24, 2.45) is 0 Å². The van der Waals surface area contributed by atoms with E-state index in [1.165, 1.54) is 11.1 Å². The maximum absolute atomic E-state index is 12.2. The fraction of sp³-hybridized carbons (Fsp3) is 0.136. The second kappa shape index (κ2) is 7.85. The Hall–Kier alpha value is -2.90. The molecule has 29 heavy (non-hydrogen) atoms. The monoisotopic (exact) mass is 418 g/mol. The molecule has 5 nitrogen and oxygen atoms in total. The zero-order valence-electron chi connectivity index (χ0n) is 15.5. The number of aromatic amines is 1. The van der Waals surface area contributed by atoms with E-state index < -0.39 is 0 Å². The first kappa shape index (κ1) is 18.1. The number of rotatable bonds is 6. The number of H-pyrrole nitrogens is 1. The Kier molecular flexibility index (Phi) is 4.91. The SMILES string of the molecule is O=c1[nH]c2ccccc2n1CCCSc1ncnc2scc(-c3ccccc3)c12. The molecule has 1 N–H and O–H groups in total. The summed E-state index contributed by atoms with van der Waals surface area (Å²) in [6.45, 7) is 0.680. The van der Waals surface area contributed by atoms with Crippen LogP contribution >= 0.6 is 23.1 Å². The van der Waals surface area contributed by atoms with Crippen LogP contribution in [0.2, 0.25) is 0 Å². The number of hydrogen-bond acceptors (Lipinski definition) is 5. The average molecular weight is 419 g/mol. The minimum Gasteiger partial charge on any atom is -0.306 e. The van der Waals surface area contributed by atoms with E-state index in [9.17, 15) is 4.79 Å². The van der Waals surface area contributed by atoms with Gasteiger partial charge in [0.05, 0.1) is 16.4 Å². The number of aromatic nitrogens is 4. The Morgan fingerprint density at radius 1 is 1.03 bits per heavy atom. The molecule has 3 heterocycles. The van der Waals surface area contributed by atoms with Crippen LogP contribution in [0.25, 0.3) is 32.4 Å². The Morgan fingerprint density at radius 2 is 1.86 bits per heavy atom. The molecule has 0 aliphatic rings. The van der Waals surface area contributed by atoms with Crippen molar-refractivity contribution in [1.82, 2.24) is 19.5 Å². The van der Waals surface area contributed by atoms with Gasteiger partial charge in [0, 0.05) is 23.2 Å². The molecule has 0 fully saturated rings.